The summed E-state index contributed by atoms with van der Waals surface area (Å²) in [5.41, 5.74) is 1.02. The number of nitrogens with zero attached hydrogens (tertiary/aromatic N) is 6. The second-order valence-electron chi connectivity index (χ2n) is 8.24. The van der Waals surface area contributed by atoms with E-state index in [1.54, 1.807) is 0 Å². The number of carbonyl (C=O) groups excluding carboxylic acids is 1. The summed E-state index contributed by atoms with van der Waals surface area (Å²) < 4.78 is 1.99. The Bertz CT molecular complexity index is 608. The number of fused-ring (bicyclic) bond motifs is 3. The molecule has 0 aromatic carbocycles. The van der Waals surface area contributed by atoms with Crippen molar-refractivity contribution in [2.24, 2.45) is 11.8 Å². The van der Waals surface area contributed by atoms with Gasteiger partial charge >= 0.3 is 0 Å². The number of carbonyl (C=O) groups is 1. The third-order valence-corrected chi connectivity index (χ3v) is 6.08. The molecule has 25 heavy (non-hydrogen) atoms. The van der Waals surface area contributed by atoms with E-state index in [0.29, 0.717) is 17.9 Å². The molecule has 5 rings (SSSR count). The molecule has 5 heterocycles. The molecular formula is C18H30N6O. The first-order valence-corrected chi connectivity index (χ1v) is 9.67. The minimum Gasteiger partial charge on any atom is -0.342 e. The van der Waals surface area contributed by atoms with E-state index in [0.717, 1.165) is 51.4 Å². The van der Waals surface area contributed by atoms with Gasteiger partial charge in [-0.2, -0.15) is 0 Å². The van der Waals surface area contributed by atoms with E-state index in [4.69, 9.17) is 0 Å². The fourth-order valence-electron chi connectivity index (χ4n) is 4.82. The molecule has 7 heteroatoms. The van der Waals surface area contributed by atoms with E-state index in [1.165, 1.54) is 19.3 Å². The predicted molar refractivity (Wildman–Crippen MR) is 94.8 cm³/mol. The third kappa shape index (κ3) is 3.58. The lowest BCUT2D eigenvalue weighted by molar-refractivity contribution is -0.142. The van der Waals surface area contributed by atoms with Gasteiger partial charge in [0.05, 0.1) is 18.2 Å². The highest BCUT2D eigenvalue weighted by molar-refractivity contribution is 5.80. The zero-order valence-electron chi connectivity index (χ0n) is 15.5. The quantitative estimate of drug-likeness (QED) is 0.784. The summed E-state index contributed by atoms with van der Waals surface area (Å²) in [7, 11) is 4.09. The highest BCUT2D eigenvalue weighted by Gasteiger charge is 2.44. The van der Waals surface area contributed by atoms with Gasteiger partial charge in [-0.15, -0.1) is 5.10 Å². The van der Waals surface area contributed by atoms with Crippen LogP contribution < -0.4 is 0 Å². The Kier molecular flexibility index (Phi) is 4.78. The fourth-order valence-corrected chi connectivity index (χ4v) is 4.82. The molecule has 4 aliphatic rings. The third-order valence-electron chi connectivity index (χ3n) is 6.08. The summed E-state index contributed by atoms with van der Waals surface area (Å²) >= 11 is 0. The van der Waals surface area contributed by atoms with Crippen LogP contribution in [0.3, 0.4) is 0 Å². The van der Waals surface area contributed by atoms with Gasteiger partial charge in [-0.1, -0.05) is 5.21 Å². The SMILES string of the molecule is CN(C)Cc1cn(C[C@H]2C[C@@H]3CCN2C[C@@H]3C(=O)N2CCCC2)nn1. The number of hydrogen-bond acceptors (Lipinski definition) is 5. The first kappa shape index (κ1) is 17.0. The number of likely N-dealkylation sites (tertiary alicyclic amines) is 1. The molecule has 0 radical (unpaired) electrons. The predicted octanol–water partition coefficient (Wildman–Crippen LogP) is 0.673. The monoisotopic (exact) mass is 346 g/mol. The summed E-state index contributed by atoms with van der Waals surface area (Å²) in [4.78, 5) is 19.6. The van der Waals surface area contributed by atoms with Crippen molar-refractivity contribution < 1.29 is 4.79 Å². The minimum atomic E-state index is 0.225. The van der Waals surface area contributed by atoms with Gasteiger partial charge in [-0.25, -0.2) is 0 Å². The van der Waals surface area contributed by atoms with E-state index in [-0.39, 0.29) is 5.92 Å². The lowest BCUT2D eigenvalue weighted by atomic mass is 9.75. The number of hydrogen-bond donors (Lipinski definition) is 0. The van der Waals surface area contributed by atoms with Gasteiger partial charge in [0.15, 0.2) is 0 Å². The molecule has 0 saturated carbocycles. The molecule has 4 fully saturated rings. The number of aromatic nitrogens is 3. The van der Waals surface area contributed by atoms with Gasteiger partial charge in [-0.3, -0.25) is 14.4 Å². The first-order chi connectivity index (χ1) is 12.1. The van der Waals surface area contributed by atoms with Crippen LogP contribution in [0.2, 0.25) is 0 Å². The van der Waals surface area contributed by atoms with Gasteiger partial charge in [0.2, 0.25) is 5.91 Å². The molecule has 7 nitrogen and oxygen atoms in total. The van der Waals surface area contributed by atoms with Gasteiger partial charge < -0.3 is 9.80 Å². The normalized spacial score (nSPS) is 31.9. The van der Waals surface area contributed by atoms with Crippen molar-refractivity contribution >= 4 is 5.91 Å². The van der Waals surface area contributed by atoms with Crippen molar-refractivity contribution in [2.75, 3.05) is 40.3 Å². The van der Waals surface area contributed by atoms with Crippen molar-refractivity contribution in [1.82, 2.24) is 29.7 Å². The van der Waals surface area contributed by atoms with E-state index in [9.17, 15) is 4.79 Å². The van der Waals surface area contributed by atoms with Crippen molar-refractivity contribution in [1.29, 1.82) is 0 Å². The standard InChI is InChI=1S/C18H30N6O/c1-21(2)10-15-11-24(20-19-15)12-16-9-14-5-8-23(16)13-17(14)18(25)22-6-3-4-7-22/h11,14,16-17H,3-10,12-13H2,1-2H3/t14-,16+,17-/m0/s1. The molecule has 4 aliphatic heterocycles. The zero-order chi connectivity index (χ0) is 17.4. The maximum atomic E-state index is 12.8. The van der Waals surface area contributed by atoms with Crippen LogP contribution in [0, 0.1) is 11.8 Å². The van der Waals surface area contributed by atoms with Crippen LogP contribution in [0.4, 0.5) is 0 Å². The lowest BCUT2D eigenvalue weighted by Crippen LogP contribution is -2.58. The van der Waals surface area contributed by atoms with Crippen LogP contribution in [0.5, 0.6) is 0 Å². The summed E-state index contributed by atoms with van der Waals surface area (Å²) in [5.74, 6) is 1.19. The molecule has 1 amide bonds. The summed E-state index contributed by atoms with van der Waals surface area (Å²) in [5, 5.41) is 8.57. The largest absolute Gasteiger partial charge is 0.342 e. The fraction of sp³-hybridized carbons (Fsp3) is 0.833. The second kappa shape index (κ2) is 7.03. The van der Waals surface area contributed by atoms with Crippen LogP contribution >= 0.6 is 0 Å². The molecule has 1 unspecified atom stereocenters. The lowest BCUT2D eigenvalue weighted by Gasteiger charge is -2.49. The van der Waals surface area contributed by atoms with E-state index in [2.05, 4.69) is 31.2 Å². The Balaban J connectivity index is 1.37. The van der Waals surface area contributed by atoms with E-state index in [1.807, 2.05) is 18.8 Å². The van der Waals surface area contributed by atoms with Crippen LogP contribution in [0.15, 0.2) is 6.20 Å². The minimum absolute atomic E-state index is 0.225. The summed E-state index contributed by atoms with van der Waals surface area (Å²) in [6.45, 7) is 5.71. The Morgan fingerprint density at radius 3 is 2.76 bits per heavy atom. The maximum absolute atomic E-state index is 12.8. The van der Waals surface area contributed by atoms with E-state index >= 15 is 0 Å². The van der Waals surface area contributed by atoms with Crippen molar-refractivity contribution in [3.05, 3.63) is 11.9 Å². The molecule has 4 atom stereocenters. The molecule has 4 saturated heterocycles. The van der Waals surface area contributed by atoms with Crippen molar-refractivity contribution in [2.45, 2.75) is 44.8 Å². The number of rotatable bonds is 5. The average molecular weight is 346 g/mol. The van der Waals surface area contributed by atoms with Crippen LogP contribution in [0.25, 0.3) is 0 Å². The number of amides is 1. The maximum Gasteiger partial charge on any atom is 0.227 e. The van der Waals surface area contributed by atoms with Crippen molar-refractivity contribution in [3.8, 4) is 0 Å². The Morgan fingerprint density at radius 2 is 2.08 bits per heavy atom. The average Bonchev–Trinajstić information content (AvgIpc) is 3.26. The Hall–Kier alpha value is -1.47. The highest BCUT2D eigenvalue weighted by Crippen LogP contribution is 2.38. The molecule has 0 aliphatic carbocycles. The first-order valence-electron chi connectivity index (χ1n) is 9.67. The molecular weight excluding hydrogens is 316 g/mol. The van der Waals surface area contributed by atoms with Gasteiger partial charge in [0, 0.05) is 38.4 Å². The summed E-state index contributed by atoms with van der Waals surface area (Å²) in [6, 6.07) is 0.496. The van der Waals surface area contributed by atoms with Gasteiger partial charge in [0.25, 0.3) is 0 Å². The second-order valence-corrected chi connectivity index (χ2v) is 8.24. The molecule has 138 valence electrons. The Morgan fingerprint density at radius 1 is 1.28 bits per heavy atom. The van der Waals surface area contributed by atoms with Crippen LogP contribution in [-0.2, 0) is 17.9 Å². The van der Waals surface area contributed by atoms with Gasteiger partial charge in [0.1, 0.15) is 0 Å². The topological polar surface area (TPSA) is 57.5 Å². The van der Waals surface area contributed by atoms with E-state index < -0.39 is 0 Å². The van der Waals surface area contributed by atoms with Crippen LogP contribution in [0.1, 0.15) is 31.4 Å². The van der Waals surface area contributed by atoms with Gasteiger partial charge in [-0.05, 0) is 52.2 Å². The Labute approximate surface area is 149 Å². The molecule has 2 bridgehead atoms. The molecule has 1 aromatic rings. The summed E-state index contributed by atoms with van der Waals surface area (Å²) in [6.07, 6.45) is 6.71. The van der Waals surface area contributed by atoms with Crippen molar-refractivity contribution in [3.63, 3.8) is 0 Å². The molecule has 0 spiro atoms. The smallest absolute Gasteiger partial charge is 0.227 e. The highest BCUT2D eigenvalue weighted by atomic mass is 16.2. The molecule has 1 aromatic heterocycles. The van der Waals surface area contributed by atoms with Crippen LogP contribution in [-0.4, -0.2) is 81.9 Å². The zero-order valence-corrected chi connectivity index (χ0v) is 15.5. The molecule has 0 N–H and O–H groups in total. The number of piperidine rings is 3.